The van der Waals surface area contributed by atoms with Crippen molar-refractivity contribution in [2.45, 2.75) is 13.8 Å². The van der Waals surface area contributed by atoms with Gasteiger partial charge in [0.25, 0.3) is 5.56 Å². The molecule has 0 amide bonds. The van der Waals surface area contributed by atoms with Crippen molar-refractivity contribution in [2.75, 3.05) is 0 Å². The summed E-state index contributed by atoms with van der Waals surface area (Å²) in [5.74, 6) is 0. The second-order valence-electron chi connectivity index (χ2n) is 4.09. The molecule has 0 radical (unpaired) electrons. The van der Waals surface area contributed by atoms with Crippen LogP contribution in [0.15, 0.2) is 35.3 Å². The summed E-state index contributed by atoms with van der Waals surface area (Å²) >= 11 is 6.04. The van der Waals surface area contributed by atoms with Gasteiger partial charge in [-0.3, -0.25) is 9.36 Å². The number of aromatic nitrogens is 1. The first-order chi connectivity index (χ1) is 8.54. The summed E-state index contributed by atoms with van der Waals surface area (Å²) in [6.45, 7) is 3.64. The maximum Gasteiger partial charge on any atom is 0.273 e. The first kappa shape index (κ1) is 12.4. The average molecular weight is 259 g/mol. The van der Waals surface area contributed by atoms with Crippen LogP contribution in [0.2, 0.25) is 5.02 Å². The van der Waals surface area contributed by atoms with Crippen LogP contribution in [-0.2, 0) is 0 Å². The van der Waals surface area contributed by atoms with Gasteiger partial charge in [-0.25, -0.2) is 0 Å². The normalized spacial score (nSPS) is 10.1. The quantitative estimate of drug-likeness (QED) is 0.789. The van der Waals surface area contributed by atoms with E-state index in [1.165, 1.54) is 4.57 Å². The molecule has 0 N–H and O–H groups in total. The molecule has 0 saturated carbocycles. The fraction of sp³-hybridized carbons (Fsp3) is 0.143. The summed E-state index contributed by atoms with van der Waals surface area (Å²) in [5.41, 5.74) is 2.12. The summed E-state index contributed by atoms with van der Waals surface area (Å²) in [4.78, 5) is 12.1. The van der Waals surface area contributed by atoms with Crippen LogP contribution in [-0.4, -0.2) is 4.57 Å². The van der Waals surface area contributed by atoms with E-state index >= 15 is 0 Å². The molecule has 0 fully saturated rings. The molecule has 0 aliphatic carbocycles. The molecule has 1 aromatic heterocycles. The lowest BCUT2D eigenvalue weighted by Crippen LogP contribution is -2.21. The standard InChI is InChI=1S/C14H11ClN2O/c1-9-5-6-17(14(18)12(9)8-16)11-4-3-10(2)13(15)7-11/h3-7H,1-2H3. The summed E-state index contributed by atoms with van der Waals surface area (Å²) in [6.07, 6.45) is 1.65. The van der Waals surface area contributed by atoms with Crippen molar-refractivity contribution in [3.8, 4) is 11.8 Å². The summed E-state index contributed by atoms with van der Waals surface area (Å²) in [7, 11) is 0. The molecular weight excluding hydrogens is 248 g/mol. The van der Waals surface area contributed by atoms with Crippen LogP contribution in [0.25, 0.3) is 5.69 Å². The Bertz CT molecular complexity index is 711. The predicted octanol–water partition coefficient (Wildman–Crippen LogP) is 2.98. The van der Waals surface area contributed by atoms with E-state index in [9.17, 15) is 4.79 Å². The lowest BCUT2D eigenvalue weighted by Gasteiger charge is -2.08. The number of hydrogen-bond donors (Lipinski definition) is 0. The Hall–Kier alpha value is -2.05. The maximum absolute atomic E-state index is 12.1. The van der Waals surface area contributed by atoms with Crippen LogP contribution in [0.4, 0.5) is 0 Å². The number of aryl methyl sites for hydroxylation is 2. The zero-order valence-corrected chi connectivity index (χ0v) is 10.8. The van der Waals surface area contributed by atoms with Crippen molar-refractivity contribution in [1.82, 2.24) is 4.57 Å². The molecule has 0 aliphatic rings. The molecule has 4 heteroatoms. The molecule has 0 atom stereocenters. The molecule has 2 aromatic rings. The second kappa shape index (κ2) is 4.67. The van der Waals surface area contributed by atoms with Gasteiger partial charge in [0.2, 0.25) is 0 Å². The predicted molar refractivity (Wildman–Crippen MR) is 71.2 cm³/mol. The third kappa shape index (κ3) is 2.03. The highest BCUT2D eigenvalue weighted by Gasteiger charge is 2.08. The van der Waals surface area contributed by atoms with Gasteiger partial charge in [0.1, 0.15) is 11.6 Å². The number of nitriles is 1. The van der Waals surface area contributed by atoms with Gasteiger partial charge in [0.15, 0.2) is 0 Å². The zero-order valence-electron chi connectivity index (χ0n) is 10.1. The van der Waals surface area contributed by atoms with Gasteiger partial charge in [-0.15, -0.1) is 0 Å². The lowest BCUT2D eigenvalue weighted by molar-refractivity contribution is 0.972. The Labute approximate surface area is 110 Å². The monoisotopic (exact) mass is 258 g/mol. The van der Waals surface area contributed by atoms with E-state index in [1.54, 1.807) is 31.3 Å². The Balaban J connectivity index is 2.69. The smallest absolute Gasteiger partial charge is 0.273 e. The van der Waals surface area contributed by atoms with Gasteiger partial charge in [-0.05, 0) is 43.2 Å². The van der Waals surface area contributed by atoms with E-state index in [0.29, 0.717) is 16.3 Å². The van der Waals surface area contributed by atoms with Crippen LogP contribution in [0, 0.1) is 25.2 Å². The third-order valence-electron chi connectivity index (χ3n) is 2.85. The number of nitrogens with zero attached hydrogens (tertiary/aromatic N) is 2. The number of pyridine rings is 1. The van der Waals surface area contributed by atoms with E-state index < -0.39 is 0 Å². The fourth-order valence-corrected chi connectivity index (χ4v) is 1.87. The van der Waals surface area contributed by atoms with E-state index in [1.807, 2.05) is 19.1 Å². The van der Waals surface area contributed by atoms with Crippen molar-refractivity contribution in [3.05, 3.63) is 62.5 Å². The molecule has 90 valence electrons. The van der Waals surface area contributed by atoms with Crippen LogP contribution in [0.1, 0.15) is 16.7 Å². The van der Waals surface area contributed by atoms with E-state index in [-0.39, 0.29) is 11.1 Å². The van der Waals surface area contributed by atoms with E-state index in [0.717, 1.165) is 5.56 Å². The van der Waals surface area contributed by atoms with Crippen LogP contribution in [0.5, 0.6) is 0 Å². The minimum absolute atomic E-state index is 0.161. The highest BCUT2D eigenvalue weighted by molar-refractivity contribution is 6.31. The molecule has 1 heterocycles. The van der Waals surface area contributed by atoms with Crippen molar-refractivity contribution < 1.29 is 0 Å². The fourth-order valence-electron chi connectivity index (χ4n) is 1.70. The molecule has 3 nitrogen and oxygen atoms in total. The third-order valence-corrected chi connectivity index (χ3v) is 3.25. The number of rotatable bonds is 1. The highest BCUT2D eigenvalue weighted by atomic mass is 35.5. The van der Waals surface area contributed by atoms with Crippen LogP contribution < -0.4 is 5.56 Å². The van der Waals surface area contributed by atoms with Crippen molar-refractivity contribution in [2.24, 2.45) is 0 Å². The molecule has 0 spiro atoms. The van der Waals surface area contributed by atoms with Crippen molar-refractivity contribution in [3.63, 3.8) is 0 Å². The Morgan fingerprint density at radius 3 is 2.56 bits per heavy atom. The summed E-state index contributed by atoms with van der Waals surface area (Å²) in [5, 5.41) is 9.58. The highest BCUT2D eigenvalue weighted by Crippen LogP contribution is 2.18. The van der Waals surface area contributed by atoms with E-state index in [2.05, 4.69) is 0 Å². The number of halogens is 1. The van der Waals surface area contributed by atoms with Gasteiger partial charge in [-0.2, -0.15) is 5.26 Å². The molecule has 0 unspecified atom stereocenters. The minimum atomic E-state index is -0.322. The summed E-state index contributed by atoms with van der Waals surface area (Å²) < 4.78 is 1.43. The first-order valence-electron chi connectivity index (χ1n) is 5.43. The largest absolute Gasteiger partial charge is 0.283 e. The molecule has 0 bridgehead atoms. The number of hydrogen-bond acceptors (Lipinski definition) is 2. The molecule has 2 rings (SSSR count). The van der Waals surface area contributed by atoms with Crippen molar-refractivity contribution in [1.29, 1.82) is 5.26 Å². The maximum atomic E-state index is 12.1. The summed E-state index contributed by atoms with van der Waals surface area (Å²) in [6, 6.07) is 9.04. The van der Waals surface area contributed by atoms with E-state index in [4.69, 9.17) is 16.9 Å². The average Bonchev–Trinajstić information content (AvgIpc) is 2.34. The number of benzene rings is 1. The van der Waals surface area contributed by atoms with Crippen LogP contribution >= 0.6 is 11.6 Å². The SMILES string of the molecule is Cc1ccc(-n2ccc(C)c(C#N)c2=O)cc1Cl. The van der Waals surface area contributed by atoms with Gasteiger partial charge in [-0.1, -0.05) is 17.7 Å². The van der Waals surface area contributed by atoms with Gasteiger partial charge < -0.3 is 0 Å². The first-order valence-corrected chi connectivity index (χ1v) is 5.81. The second-order valence-corrected chi connectivity index (χ2v) is 4.50. The lowest BCUT2D eigenvalue weighted by atomic mass is 10.1. The molecule has 0 saturated heterocycles. The Morgan fingerprint density at radius 1 is 1.22 bits per heavy atom. The topological polar surface area (TPSA) is 45.8 Å². The molecular formula is C14H11ClN2O. The van der Waals surface area contributed by atoms with Gasteiger partial charge >= 0.3 is 0 Å². The van der Waals surface area contributed by atoms with Gasteiger partial charge in [0.05, 0.1) is 5.69 Å². The van der Waals surface area contributed by atoms with Crippen LogP contribution in [0.3, 0.4) is 0 Å². The molecule has 18 heavy (non-hydrogen) atoms. The Kier molecular flexibility index (Phi) is 3.22. The van der Waals surface area contributed by atoms with Gasteiger partial charge in [0, 0.05) is 11.2 Å². The minimum Gasteiger partial charge on any atom is -0.283 e. The van der Waals surface area contributed by atoms with Crippen molar-refractivity contribution >= 4 is 11.6 Å². The molecule has 0 aliphatic heterocycles. The molecule has 1 aromatic carbocycles. The zero-order chi connectivity index (χ0) is 13.3. The Morgan fingerprint density at radius 2 is 1.94 bits per heavy atom.